The molecule has 4 rings (SSSR count). The summed E-state index contributed by atoms with van der Waals surface area (Å²) in [7, 11) is 0. The molecule has 2 heterocycles. The van der Waals surface area contributed by atoms with Gasteiger partial charge in [0.2, 0.25) is 5.91 Å². The quantitative estimate of drug-likeness (QED) is 0.928. The molecule has 2 amide bonds. The standard InChI is InChI=1S/C18H19FN4O2/c19-14-7-6-13(22-10-2-5-17(22)24)11-15(14)21-18(25)16-8-9-20-23(16)12-3-1-4-12/h6-9,11-12H,1-5,10H2,(H,21,25). The van der Waals surface area contributed by atoms with E-state index < -0.39 is 11.7 Å². The summed E-state index contributed by atoms with van der Waals surface area (Å²) < 4.78 is 15.9. The third-order valence-corrected chi connectivity index (χ3v) is 4.91. The molecule has 2 aromatic rings. The Bertz CT molecular complexity index is 828. The first kappa shape index (κ1) is 15.8. The number of anilines is 2. The molecule has 1 aliphatic carbocycles. The molecule has 1 aliphatic heterocycles. The summed E-state index contributed by atoms with van der Waals surface area (Å²) in [6.45, 7) is 0.617. The van der Waals surface area contributed by atoms with Crippen LogP contribution < -0.4 is 10.2 Å². The number of rotatable bonds is 4. The number of amides is 2. The lowest BCUT2D eigenvalue weighted by Gasteiger charge is -2.27. The number of hydrogen-bond acceptors (Lipinski definition) is 3. The van der Waals surface area contributed by atoms with Gasteiger partial charge in [0.25, 0.3) is 5.91 Å². The Labute approximate surface area is 144 Å². The summed E-state index contributed by atoms with van der Waals surface area (Å²) in [5.74, 6) is -0.904. The second-order valence-corrected chi connectivity index (χ2v) is 6.51. The van der Waals surface area contributed by atoms with E-state index in [0.29, 0.717) is 24.3 Å². The van der Waals surface area contributed by atoms with Gasteiger partial charge in [0, 0.05) is 24.8 Å². The van der Waals surface area contributed by atoms with Crippen molar-refractivity contribution in [2.75, 3.05) is 16.8 Å². The van der Waals surface area contributed by atoms with Crippen molar-refractivity contribution in [3.05, 3.63) is 42.0 Å². The maximum atomic E-state index is 14.2. The van der Waals surface area contributed by atoms with E-state index >= 15 is 0 Å². The zero-order valence-corrected chi connectivity index (χ0v) is 13.7. The third kappa shape index (κ3) is 2.90. The Hall–Kier alpha value is -2.70. The van der Waals surface area contributed by atoms with Crippen LogP contribution in [0.25, 0.3) is 0 Å². The van der Waals surface area contributed by atoms with Gasteiger partial charge in [-0.15, -0.1) is 0 Å². The number of nitrogens with zero attached hydrogens (tertiary/aromatic N) is 3. The number of halogens is 1. The Morgan fingerprint density at radius 2 is 2.08 bits per heavy atom. The van der Waals surface area contributed by atoms with Crippen molar-refractivity contribution in [2.45, 2.75) is 38.1 Å². The van der Waals surface area contributed by atoms with Crippen molar-refractivity contribution in [2.24, 2.45) is 0 Å². The van der Waals surface area contributed by atoms with Crippen LogP contribution in [-0.2, 0) is 4.79 Å². The molecular weight excluding hydrogens is 323 g/mol. The average Bonchev–Trinajstić information content (AvgIpc) is 3.17. The molecule has 0 radical (unpaired) electrons. The molecule has 0 atom stereocenters. The normalized spacial score (nSPS) is 17.6. The summed E-state index contributed by atoms with van der Waals surface area (Å²) in [5, 5.41) is 6.85. The van der Waals surface area contributed by atoms with Crippen LogP contribution in [-0.4, -0.2) is 28.1 Å². The first-order valence-corrected chi connectivity index (χ1v) is 8.58. The van der Waals surface area contributed by atoms with E-state index in [1.807, 2.05) is 0 Å². The van der Waals surface area contributed by atoms with E-state index in [-0.39, 0.29) is 17.6 Å². The van der Waals surface area contributed by atoms with E-state index in [9.17, 15) is 14.0 Å². The first-order valence-electron chi connectivity index (χ1n) is 8.58. The summed E-state index contributed by atoms with van der Waals surface area (Å²) in [6, 6.07) is 6.24. The SMILES string of the molecule is O=C(Nc1cc(N2CCCC2=O)ccc1F)c1ccnn1C1CCC1. The van der Waals surface area contributed by atoms with Crippen LogP contribution in [0, 0.1) is 5.82 Å². The summed E-state index contributed by atoms with van der Waals surface area (Å²) >= 11 is 0. The summed E-state index contributed by atoms with van der Waals surface area (Å²) in [6.07, 6.45) is 6.01. The molecule has 7 heteroatoms. The van der Waals surface area contributed by atoms with Gasteiger partial charge in [0.1, 0.15) is 11.5 Å². The maximum absolute atomic E-state index is 14.2. The molecule has 130 valence electrons. The number of carbonyl (C=O) groups excluding carboxylic acids is 2. The molecule has 2 fully saturated rings. The maximum Gasteiger partial charge on any atom is 0.274 e. The monoisotopic (exact) mass is 342 g/mol. The highest BCUT2D eigenvalue weighted by Crippen LogP contribution is 2.32. The van der Waals surface area contributed by atoms with E-state index in [1.165, 1.54) is 12.1 Å². The van der Waals surface area contributed by atoms with Crippen molar-refractivity contribution < 1.29 is 14.0 Å². The number of nitrogens with one attached hydrogen (secondary N) is 1. The van der Waals surface area contributed by atoms with Crippen LogP contribution in [0.15, 0.2) is 30.5 Å². The zero-order valence-electron chi connectivity index (χ0n) is 13.7. The van der Waals surface area contributed by atoms with E-state index in [2.05, 4.69) is 10.4 Å². The predicted molar refractivity (Wildman–Crippen MR) is 91.1 cm³/mol. The van der Waals surface area contributed by atoms with Gasteiger partial charge in [-0.05, 0) is 49.9 Å². The van der Waals surface area contributed by atoms with E-state index in [4.69, 9.17) is 0 Å². The third-order valence-electron chi connectivity index (χ3n) is 4.91. The van der Waals surface area contributed by atoms with E-state index in [1.54, 1.807) is 27.9 Å². The Morgan fingerprint density at radius 3 is 2.76 bits per heavy atom. The molecule has 1 saturated heterocycles. The van der Waals surface area contributed by atoms with Crippen molar-refractivity contribution in [1.82, 2.24) is 9.78 Å². The molecular formula is C18H19FN4O2. The molecule has 1 aromatic carbocycles. The largest absolute Gasteiger partial charge is 0.318 e. The fourth-order valence-corrected chi connectivity index (χ4v) is 3.30. The van der Waals surface area contributed by atoms with Crippen LogP contribution in [0.4, 0.5) is 15.8 Å². The number of aromatic nitrogens is 2. The van der Waals surface area contributed by atoms with E-state index in [0.717, 1.165) is 25.7 Å². The first-order chi connectivity index (χ1) is 12.1. The van der Waals surface area contributed by atoms with Gasteiger partial charge in [-0.2, -0.15) is 5.10 Å². The molecule has 1 aromatic heterocycles. The predicted octanol–water partition coefficient (Wildman–Crippen LogP) is 3.13. The van der Waals surface area contributed by atoms with Gasteiger partial charge in [-0.25, -0.2) is 4.39 Å². The Kier molecular flexibility index (Phi) is 3.99. The lowest BCUT2D eigenvalue weighted by molar-refractivity contribution is -0.117. The zero-order chi connectivity index (χ0) is 17.4. The van der Waals surface area contributed by atoms with Crippen LogP contribution in [0.2, 0.25) is 0 Å². The highest BCUT2D eigenvalue weighted by atomic mass is 19.1. The minimum atomic E-state index is -0.529. The number of carbonyl (C=O) groups is 2. The summed E-state index contributed by atoms with van der Waals surface area (Å²) in [5.41, 5.74) is 1.10. The number of hydrogen-bond donors (Lipinski definition) is 1. The van der Waals surface area contributed by atoms with Gasteiger partial charge in [0.15, 0.2) is 0 Å². The molecule has 6 nitrogen and oxygen atoms in total. The van der Waals surface area contributed by atoms with Gasteiger partial charge in [-0.1, -0.05) is 0 Å². The van der Waals surface area contributed by atoms with Crippen LogP contribution in [0.1, 0.15) is 48.6 Å². The van der Waals surface area contributed by atoms with Crippen molar-refractivity contribution >= 4 is 23.2 Å². The molecule has 25 heavy (non-hydrogen) atoms. The Balaban J connectivity index is 1.57. The molecule has 0 unspecified atom stereocenters. The number of benzene rings is 1. The van der Waals surface area contributed by atoms with Crippen LogP contribution in [0.5, 0.6) is 0 Å². The second kappa shape index (κ2) is 6.31. The minimum Gasteiger partial charge on any atom is -0.318 e. The van der Waals surface area contributed by atoms with Gasteiger partial charge >= 0.3 is 0 Å². The fourth-order valence-electron chi connectivity index (χ4n) is 3.30. The van der Waals surface area contributed by atoms with Crippen molar-refractivity contribution in [3.63, 3.8) is 0 Å². The van der Waals surface area contributed by atoms with Crippen molar-refractivity contribution in [3.8, 4) is 0 Å². The van der Waals surface area contributed by atoms with Crippen molar-refractivity contribution in [1.29, 1.82) is 0 Å². The van der Waals surface area contributed by atoms with Gasteiger partial charge in [-0.3, -0.25) is 14.3 Å². The average molecular weight is 342 g/mol. The Morgan fingerprint density at radius 1 is 1.24 bits per heavy atom. The highest BCUT2D eigenvalue weighted by molar-refractivity contribution is 6.04. The molecule has 1 N–H and O–H groups in total. The molecule has 0 spiro atoms. The molecule has 0 bridgehead atoms. The van der Waals surface area contributed by atoms with Gasteiger partial charge < -0.3 is 10.2 Å². The highest BCUT2D eigenvalue weighted by Gasteiger charge is 2.26. The van der Waals surface area contributed by atoms with Gasteiger partial charge in [0.05, 0.1) is 11.7 Å². The second-order valence-electron chi connectivity index (χ2n) is 6.51. The summed E-state index contributed by atoms with van der Waals surface area (Å²) in [4.78, 5) is 26.1. The minimum absolute atomic E-state index is 0.0203. The molecule has 2 aliphatic rings. The lowest BCUT2D eigenvalue weighted by Crippen LogP contribution is -2.26. The topological polar surface area (TPSA) is 67.2 Å². The smallest absolute Gasteiger partial charge is 0.274 e. The van der Waals surface area contributed by atoms with Crippen LogP contribution in [0.3, 0.4) is 0 Å². The molecule has 1 saturated carbocycles. The fraction of sp³-hybridized carbons (Fsp3) is 0.389. The van der Waals surface area contributed by atoms with Crippen LogP contribution >= 0.6 is 0 Å². The lowest BCUT2D eigenvalue weighted by atomic mass is 9.93.